The Balaban J connectivity index is 2.11. The van der Waals surface area contributed by atoms with E-state index in [2.05, 4.69) is 19.1 Å². The summed E-state index contributed by atoms with van der Waals surface area (Å²) in [6.07, 6.45) is 1.14. The fraction of sp³-hybridized carbons (Fsp3) is 0.250. The molecule has 1 nitrogen and oxygen atoms in total. The summed E-state index contributed by atoms with van der Waals surface area (Å²) in [7, 11) is 0. The Morgan fingerprint density at radius 3 is 2.44 bits per heavy atom. The minimum Gasteiger partial charge on any atom is -0.388 e. The number of halogens is 1. The molecule has 0 aromatic heterocycles. The molecule has 0 saturated carbocycles. The van der Waals surface area contributed by atoms with Crippen molar-refractivity contribution < 1.29 is 5.11 Å². The topological polar surface area (TPSA) is 20.2 Å². The van der Waals surface area contributed by atoms with E-state index < -0.39 is 6.10 Å². The second kappa shape index (κ2) is 6.03. The van der Waals surface area contributed by atoms with Gasteiger partial charge in [-0.3, -0.25) is 0 Å². The van der Waals surface area contributed by atoms with Crippen LogP contribution in [-0.2, 0) is 12.8 Å². The van der Waals surface area contributed by atoms with Crippen molar-refractivity contribution in [1.82, 2.24) is 0 Å². The van der Waals surface area contributed by atoms with E-state index >= 15 is 0 Å². The number of aliphatic hydroxyl groups is 1. The molecule has 0 fully saturated rings. The first-order valence-corrected chi connectivity index (χ1v) is 6.58. The zero-order valence-electron chi connectivity index (χ0n) is 10.4. The van der Waals surface area contributed by atoms with Crippen LogP contribution in [-0.4, -0.2) is 5.11 Å². The van der Waals surface area contributed by atoms with Crippen molar-refractivity contribution in [3.8, 4) is 0 Å². The lowest BCUT2D eigenvalue weighted by Crippen LogP contribution is -2.02. The molecule has 18 heavy (non-hydrogen) atoms. The van der Waals surface area contributed by atoms with Crippen LogP contribution in [0, 0.1) is 0 Å². The normalized spacial score (nSPS) is 12.4. The van der Waals surface area contributed by atoms with Crippen molar-refractivity contribution in [2.45, 2.75) is 25.9 Å². The van der Waals surface area contributed by atoms with Crippen LogP contribution in [0.25, 0.3) is 0 Å². The van der Waals surface area contributed by atoms with Gasteiger partial charge in [-0.15, -0.1) is 0 Å². The van der Waals surface area contributed by atoms with Gasteiger partial charge in [0.1, 0.15) is 0 Å². The molecule has 0 amide bonds. The van der Waals surface area contributed by atoms with Crippen molar-refractivity contribution in [3.05, 3.63) is 70.2 Å². The molecule has 0 aliphatic carbocycles. The Morgan fingerprint density at radius 2 is 1.78 bits per heavy atom. The molecule has 0 aliphatic rings. The maximum absolute atomic E-state index is 10.2. The van der Waals surface area contributed by atoms with E-state index in [1.54, 1.807) is 0 Å². The summed E-state index contributed by atoms with van der Waals surface area (Å²) >= 11 is 5.84. The first-order valence-electron chi connectivity index (χ1n) is 6.20. The zero-order chi connectivity index (χ0) is 13.0. The molecule has 2 rings (SSSR count). The van der Waals surface area contributed by atoms with Crippen molar-refractivity contribution in [3.63, 3.8) is 0 Å². The first-order chi connectivity index (χ1) is 8.69. The van der Waals surface area contributed by atoms with Gasteiger partial charge in [-0.1, -0.05) is 54.9 Å². The number of rotatable bonds is 4. The van der Waals surface area contributed by atoms with Gasteiger partial charge in [0, 0.05) is 11.4 Å². The fourth-order valence-electron chi connectivity index (χ4n) is 1.98. The minimum absolute atomic E-state index is 0.460. The summed E-state index contributed by atoms with van der Waals surface area (Å²) in [5.74, 6) is 0. The van der Waals surface area contributed by atoms with Crippen molar-refractivity contribution in [2.75, 3.05) is 0 Å². The maximum Gasteiger partial charge on any atom is 0.0830 e. The molecule has 0 radical (unpaired) electrons. The molecule has 2 aromatic rings. The molecule has 2 aromatic carbocycles. The number of benzene rings is 2. The van der Waals surface area contributed by atoms with Crippen LogP contribution in [0.3, 0.4) is 0 Å². The summed E-state index contributed by atoms with van der Waals surface area (Å²) in [5.41, 5.74) is 3.32. The summed E-state index contributed by atoms with van der Waals surface area (Å²) < 4.78 is 0. The molecule has 0 bridgehead atoms. The Morgan fingerprint density at radius 1 is 1.06 bits per heavy atom. The van der Waals surface area contributed by atoms with Crippen molar-refractivity contribution in [1.29, 1.82) is 0 Å². The quantitative estimate of drug-likeness (QED) is 0.874. The Bertz CT molecular complexity index is 505. The third-order valence-corrected chi connectivity index (χ3v) is 3.34. The van der Waals surface area contributed by atoms with Gasteiger partial charge in [0.15, 0.2) is 0 Å². The third kappa shape index (κ3) is 3.34. The maximum atomic E-state index is 10.2. The van der Waals surface area contributed by atoms with E-state index in [4.69, 9.17) is 11.6 Å². The number of aryl methyl sites for hydroxylation is 1. The Hall–Kier alpha value is -1.31. The van der Waals surface area contributed by atoms with Gasteiger partial charge in [0.25, 0.3) is 0 Å². The smallest absolute Gasteiger partial charge is 0.0830 e. The van der Waals surface area contributed by atoms with Crippen molar-refractivity contribution >= 4 is 11.6 Å². The van der Waals surface area contributed by atoms with Gasteiger partial charge < -0.3 is 5.11 Å². The highest BCUT2D eigenvalue weighted by Crippen LogP contribution is 2.20. The lowest BCUT2D eigenvalue weighted by atomic mass is 9.99. The highest BCUT2D eigenvalue weighted by Gasteiger charge is 2.08. The highest BCUT2D eigenvalue weighted by molar-refractivity contribution is 6.30. The lowest BCUT2D eigenvalue weighted by molar-refractivity contribution is 0.178. The molecule has 94 valence electrons. The van der Waals surface area contributed by atoms with Crippen LogP contribution in [0.5, 0.6) is 0 Å². The molecule has 0 heterocycles. The van der Waals surface area contributed by atoms with Crippen LogP contribution >= 0.6 is 11.6 Å². The summed E-state index contributed by atoms with van der Waals surface area (Å²) in [6.45, 7) is 2.12. The molecule has 1 N–H and O–H groups in total. The largest absolute Gasteiger partial charge is 0.388 e. The predicted molar refractivity (Wildman–Crippen MR) is 75.9 cm³/mol. The highest BCUT2D eigenvalue weighted by atomic mass is 35.5. The van der Waals surface area contributed by atoms with E-state index in [0.29, 0.717) is 6.42 Å². The van der Waals surface area contributed by atoms with E-state index in [1.165, 1.54) is 5.56 Å². The molecule has 0 saturated heterocycles. The van der Waals surface area contributed by atoms with Gasteiger partial charge >= 0.3 is 0 Å². The lowest BCUT2D eigenvalue weighted by Gasteiger charge is -2.12. The fourth-order valence-corrected chi connectivity index (χ4v) is 2.11. The minimum atomic E-state index is -0.460. The summed E-state index contributed by atoms with van der Waals surface area (Å²) in [4.78, 5) is 0. The zero-order valence-corrected chi connectivity index (χ0v) is 11.2. The average Bonchev–Trinajstić information content (AvgIpc) is 2.41. The number of hydrogen-bond donors (Lipinski definition) is 1. The standard InChI is InChI=1S/C16H17ClO/c1-2-12-4-3-5-14(10-12)16(18)11-13-6-8-15(17)9-7-13/h3-10,16,18H,2,11H2,1H3. The van der Waals surface area contributed by atoms with E-state index in [1.807, 2.05) is 36.4 Å². The second-order valence-electron chi connectivity index (χ2n) is 4.44. The van der Waals surface area contributed by atoms with Crippen LogP contribution < -0.4 is 0 Å². The molecule has 2 heteroatoms. The van der Waals surface area contributed by atoms with Gasteiger partial charge in [-0.05, 0) is 35.2 Å². The molecule has 0 spiro atoms. The van der Waals surface area contributed by atoms with E-state index in [-0.39, 0.29) is 0 Å². The van der Waals surface area contributed by atoms with Crippen LogP contribution in [0.4, 0.5) is 0 Å². The molecule has 0 aliphatic heterocycles. The first kappa shape index (κ1) is 13.1. The summed E-state index contributed by atoms with van der Waals surface area (Å²) in [6, 6.07) is 15.7. The SMILES string of the molecule is CCc1cccc(C(O)Cc2ccc(Cl)cc2)c1. The summed E-state index contributed by atoms with van der Waals surface area (Å²) in [5, 5.41) is 11.0. The Kier molecular flexibility index (Phi) is 4.40. The number of aliphatic hydroxyl groups excluding tert-OH is 1. The molecule has 1 atom stereocenters. The molecular formula is C16H17ClO. The van der Waals surface area contributed by atoms with E-state index in [0.717, 1.165) is 22.6 Å². The van der Waals surface area contributed by atoms with Crippen LogP contribution in [0.15, 0.2) is 48.5 Å². The molecular weight excluding hydrogens is 244 g/mol. The van der Waals surface area contributed by atoms with Crippen molar-refractivity contribution in [2.24, 2.45) is 0 Å². The van der Waals surface area contributed by atoms with Gasteiger partial charge in [0.05, 0.1) is 6.10 Å². The average molecular weight is 261 g/mol. The van der Waals surface area contributed by atoms with Gasteiger partial charge in [-0.2, -0.15) is 0 Å². The Labute approximate surface area is 113 Å². The van der Waals surface area contributed by atoms with Crippen LogP contribution in [0.1, 0.15) is 29.7 Å². The predicted octanol–water partition coefficient (Wildman–Crippen LogP) is 4.18. The van der Waals surface area contributed by atoms with E-state index in [9.17, 15) is 5.11 Å². The van der Waals surface area contributed by atoms with Crippen LogP contribution in [0.2, 0.25) is 5.02 Å². The van der Waals surface area contributed by atoms with Gasteiger partial charge in [-0.25, -0.2) is 0 Å². The van der Waals surface area contributed by atoms with Gasteiger partial charge in [0.2, 0.25) is 0 Å². The monoisotopic (exact) mass is 260 g/mol. The molecule has 1 unspecified atom stereocenters. The second-order valence-corrected chi connectivity index (χ2v) is 4.88. The number of hydrogen-bond acceptors (Lipinski definition) is 1. The third-order valence-electron chi connectivity index (χ3n) is 3.09.